The summed E-state index contributed by atoms with van der Waals surface area (Å²) in [5.74, 6) is 0.148. The van der Waals surface area contributed by atoms with Crippen LogP contribution in [0, 0.1) is 0 Å². The molecule has 1 saturated heterocycles. The average molecular weight is 384 g/mol. The second-order valence-corrected chi connectivity index (χ2v) is 8.53. The van der Waals surface area contributed by atoms with Crippen molar-refractivity contribution >= 4 is 23.5 Å². The van der Waals surface area contributed by atoms with Crippen molar-refractivity contribution in [2.45, 2.75) is 13.0 Å². The highest BCUT2D eigenvalue weighted by molar-refractivity contribution is 7.17. The van der Waals surface area contributed by atoms with Crippen LogP contribution in [0.1, 0.15) is 32.0 Å². The minimum absolute atomic E-state index is 0.148. The van der Waals surface area contributed by atoms with Crippen LogP contribution in [0.25, 0.3) is 10.4 Å². The first-order chi connectivity index (χ1) is 13.1. The highest BCUT2D eigenvalue weighted by Crippen LogP contribution is 2.32. The van der Waals surface area contributed by atoms with Gasteiger partial charge in [0.05, 0.1) is 4.88 Å². The van der Waals surface area contributed by atoms with Crippen LogP contribution in [-0.2, 0) is 6.54 Å². The highest BCUT2D eigenvalue weighted by atomic mass is 32.1. The summed E-state index contributed by atoms with van der Waals surface area (Å²) in [6.07, 6.45) is 1.90. The van der Waals surface area contributed by atoms with E-state index in [-0.39, 0.29) is 5.91 Å². The molecular formula is C21H25N3O2S. The van der Waals surface area contributed by atoms with Gasteiger partial charge in [-0.15, -0.1) is 11.3 Å². The molecule has 0 aliphatic carbocycles. The fourth-order valence-electron chi connectivity index (χ4n) is 3.84. The lowest BCUT2D eigenvalue weighted by Crippen LogP contribution is -2.45. The number of thiophene rings is 1. The van der Waals surface area contributed by atoms with E-state index >= 15 is 0 Å². The average Bonchev–Trinajstić information content (AvgIpc) is 3.28. The molecule has 4 rings (SSSR count). The maximum atomic E-state index is 12.7. The summed E-state index contributed by atoms with van der Waals surface area (Å²) in [5, 5.41) is 0. The van der Waals surface area contributed by atoms with Crippen LogP contribution in [0.15, 0.2) is 30.3 Å². The lowest BCUT2D eigenvalue weighted by atomic mass is 10.1. The quantitative estimate of drug-likeness (QED) is 0.720. The second-order valence-electron chi connectivity index (χ2n) is 7.42. The molecule has 1 aromatic carbocycles. The first-order valence-electron chi connectivity index (χ1n) is 9.52. The van der Waals surface area contributed by atoms with Gasteiger partial charge in [-0.2, -0.15) is 0 Å². The summed E-state index contributed by atoms with van der Waals surface area (Å²) in [6, 6.07) is 9.85. The van der Waals surface area contributed by atoms with Gasteiger partial charge in [0, 0.05) is 49.7 Å². The summed E-state index contributed by atoms with van der Waals surface area (Å²) in [7, 11) is 2.17. The zero-order chi connectivity index (χ0) is 18.8. The Hall–Kier alpha value is -2.02. The van der Waals surface area contributed by atoms with Gasteiger partial charge < -0.3 is 14.7 Å². The third-order valence-electron chi connectivity index (χ3n) is 5.51. The number of benzene rings is 1. The van der Waals surface area contributed by atoms with Crippen LogP contribution < -0.4 is 0 Å². The normalized spacial score (nSPS) is 18.1. The summed E-state index contributed by atoms with van der Waals surface area (Å²) in [4.78, 5) is 32.2. The molecule has 1 aromatic heterocycles. The van der Waals surface area contributed by atoms with E-state index in [0.717, 1.165) is 78.4 Å². The molecule has 3 heterocycles. The van der Waals surface area contributed by atoms with Crippen molar-refractivity contribution < 1.29 is 9.59 Å². The summed E-state index contributed by atoms with van der Waals surface area (Å²) in [6.45, 7) is 7.06. The SMILES string of the molecule is CN1CCN(CCCN2Cc3cc(-c4ccc(C=O)s4)ccc3C2=O)CC1. The number of fused-ring (bicyclic) bond motifs is 1. The smallest absolute Gasteiger partial charge is 0.254 e. The molecule has 2 aromatic rings. The van der Waals surface area contributed by atoms with Gasteiger partial charge in [0.2, 0.25) is 0 Å². The van der Waals surface area contributed by atoms with Gasteiger partial charge >= 0.3 is 0 Å². The number of nitrogens with zero attached hydrogens (tertiary/aromatic N) is 3. The zero-order valence-corrected chi connectivity index (χ0v) is 16.5. The van der Waals surface area contributed by atoms with Crippen molar-refractivity contribution in [3.8, 4) is 10.4 Å². The van der Waals surface area contributed by atoms with E-state index in [9.17, 15) is 9.59 Å². The third-order valence-corrected chi connectivity index (χ3v) is 6.57. The van der Waals surface area contributed by atoms with E-state index in [4.69, 9.17) is 0 Å². The Kier molecular flexibility index (Phi) is 5.38. The molecule has 0 saturated carbocycles. The van der Waals surface area contributed by atoms with Gasteiger partial charge in [0.25, 0.3) is 5.91 Å². The minimum Gasteiger partial charge on any atom is -0.334 e. The number of likely N-dealkylation sites (N-methyl/N-ethyl adjacent to an activating group) is 1. The van der Waals surface area contributed by atoms with Crippen molar-refractivity contribution in [1.29, 1.82) is 0 Å². The molecule has 1 fully saturated rings. The van der Waals surface area contributed by atoms with E-state index in [1.54, 1.807) is 0 Å². The molecule has 6 heteroatoms. The van der Waals surface area contributed by atoms with Gasteiger partial charge in [0.1, 0.15) is 0 Å². The molecule has 0 unspecified atom stereocenters. The Labute approximate surface area is 164 Å². The summed E-state index contributed by atoms with van der Waals surface area (Å²) in [5.41, 5.74) is 3.00. The highest BCUT2D eigenvalue weighted by Gasteiger charge is 2.27. The van der Waals surface area contributed by atoms with Crippen LogP contribution in [-0.4, -0.2) is 73.2 Å². The molecule has 0 radical (unpaired) electrons. The standard InChI is InChI=1S/C21H25N3O2S/c1-22-9-11-23(12-10-22)7-2-8-24-14-17-13-16(3-5-19(17)21(24)26)20-6-4-18(15-25)27-20/h3-6,13,15H,2,7-12,14H2,1H3. The number of hydrogen-bond donors (Lipinski definition) is 0. The van der Waals surface area contributed by atoms with Gasteiger partial charge in [0.15, 0.2) is 6.29 Å². The van der Waals surface area contributed by atoms with Crippen LogP contribution in [0.2, 0.25) is 0 Å². The number of aldehydes is 1. The van der Waals surface area contributed by atoms with Gasteiger partial charge in [-0.3, -0.25) is 9.59 Å². The zero-order valence-electron chi connectivity index (χ0n) is 15.7. The molecule has 27 heavy (non-hydrogen) atoms. The Bertz CT molecular complexity index is 840. The minimum atomic E-state index is 0.148. The van der Waals surface area contributed by atoms with Crippen molar-refractivity contribution in [3.63, 3.8) is 0 Å². The van der Waals surface area contributed by atoms with Gasteiger partial charge in [-0.1, -0.05) is 6.07 Å². The number of carbonyl (C=O) groups is 2. The molecule has 5 nitrogen and oxygen atoms in total. The van der Waals surface area contributed by atoms with E-state index in [0.29, 0.717) is 6.54 Å². The van der Waals surface area contributed by atoms with Crippen LogP contribution in [0.5, 0.6) is 0 Å². The molecule has 1 amide bonds. The topological polar surface area (TPSA) is 43.9 Å². The fourth-order valence-corrected chi connectivity index (χ4v) is 4.66. The second kappa shape index (κ2) is 7.92. The van der Waals surface area contributed by atoms with Crippen LogP contribution in [0.3, 0.4) is 0 Å². The molecule has 2 aliphatic heterocycles. The fraction of sp³-hybridized carbons (Fsp3) is 0.429. The molecule has 0 N–H and O–H groups in total. The molecular weight excluding hydrogens is 358 g/mol. The summed E-state index contributed by atoms with van der Waals surface area (Å²) < 4.78 is 0. The third kappa shape index (κ3) is 3.98. The van der Waals surface area contributed by atoms with Crippen molar-refractivity contribution in [2.24, 2.45) is 0 Å². The number of carbonyl (C=O) groups excluding carboxylic acids is 2. The monoisotopic (exact) mass is 383 g/mol. The lowest BCUT2D eigenvalue weighted by Gasteiger charge is -2.32. The number of hydrogen-bond acceptors (Lipinski definition) is 5. The van der Waals surface area contributed by atoms with E-state index in [2.05, 4.69) is 22.9 Å². The van der Waals surface area contributed by atoms with E-state index < -0.39 is 0 Å². The van der Waals surface area contributed by atoms with Gasteiger partial charge in [-0.05, 0) is 55.4 Å². The number of rotatable bonds is 6. The Morgan fingerprint density at radius 3 is 2.63 bits per heavy atom. The first kappa shape index (κ1) is 18.3. The molecule has 142 valence electrons. The Balaban J connectivity index is 1.36. The van der Waals surface area contributed by atoms with Crippen molar-refractivity contribution in [2.75, 3.05) is 46.3 Å². The number of piperazine rings is 1. The van der Waals surface area contributed by atoms with Crippen molar-refractivity contribution in [1.82, 2.24) is 14.7 Å². The Morgan fingerprint density at radius 2 is 1.89 bits per heavy atom. The van der Waals surface area contributed by atoms with Crippen molar-refractivity contribution in [3.05, 3.63) is 46.3 Å². The largest absolute Gasteiger partial charge is 0.334 e. The number of amides is 1. The maximum Gasteiger partial charge on any atom is 0.254 e. The maximum absolute atomic E-state index is 12.7. The summed E-state index contributed by atoms with van der Waals surface area (Å²) >= 11 is 1.49. The molecule has 0 bridgehead atoms. The van der Waals surface area contributed by atoms with Gasteiger partial charge in [-0.25, -0.2) is 0 Å². The lowest BCUT2D eigenvalue weighted by molar-refractivity contribution is 0.0764. The predicted octanol–water partition coefficient (Wildman–Crippen LogP) is 2.82. The molecule has 0 spiro atoms. The van der Waals surface area contributed by atoms with E-state index in [1.807, 2.05) is 29.2 Å². The predicted molar refractivity (Wildman–Crippen MR) is 108 cm³/mol. The molecule has 2 aliphatic rings. The molecule has 0 atom stereocenters. The first-order valence-corrected chi connectivity index (χ1v) is 10.3. The Morgan fingerprint density at radius 1 is 1.07 bits per heavy atom. The van der Waals surface area contributed by atoms with E-state index in [1.165, 1.54) is 11.3 Å². The van der Waals surface area contributed by atoms with Crippen LogP contribution in [0.4, 0.5) is 0 Å². The van der Waals surface area contributed by atoms with Crippen LogP contribution >= 0.6 is 11.3 Å².